The first kappa shape index (κ1) is 22.2. The topological polar surface area (TPSA) is 58.6 Å². The first-order valence-electron chi connectivity index (χ1n) is 7.51. The number of nitrogens with zero attached hydrogens (tertiary/aromatic N) is 1. The summed E-state index contributed by atoms with van der Waals surface area (Å²) in [6.45, 7) is 5.67. The Labute approximate surface area is 147 Å². The van der Waals surface area contributed by atoms with Crippen molar-refractivity contribution in [2.24, 2.45) is 0 Å². The maximum atomic E-state index is 12.2. The molecule has 7 heteroatoms. The van der Waals surface area contributed by atoms with Crippen molar-refractivity contribution in [1.82, 2.24) is 10.2 Å². The van der Waals surface area contributed by atoms with Crippen LogP contribution in [0.15, 0.2) is 29.2 Å². The molecule has 1 aromatic carbocycles. The minimum atomic E-state index is -0.504. The van der Waals surface area contributed by atoms with Gasteiger partial charge in [0.2, 0.25) is 5.91 Å². The smallest absolute Gasteiger partial charge is 0.407 e. The monoisotopic (exact) mass is 358 g/mol. The van der Waals surface area contributed by atoms with Gasteiger partial charge in [-0.25, -0.2) is 9.18 Å². The Morgan fingerprint density at radius 2 is 1.75 bits per heavy atom. The molecule has 0 saturated carbocycles. The standard InChI is InChI=1S/C10H20N2O3.C7H7FS/c1-10(2,3)15-9(14)11-7-6-8(13)12(4)5;1-9-7-4-2-6(8)3-5-7/h6-7H2,1-5H3,(H,11,14);2-5H,1H3. The van der Waals surface area contributed by atoms with Gasteiger partial charge in [-0.2, -0.15) is 0 Å². The number of carbonyl (C=O) groups excluding carboxylic acids is 2. The van der Waals surface area contributed by atoms with E-state index in [4.69, 9.17) is 4.74 Å². The van der Waals surface area contributed by atoms with Gasteiger partial charge in [0.1, 0.15) is 11.4 Å². The van der Waals surface area contributed by atoms with E-state index in [0.717, 1.165) is 4.90 Å². The van der Waals surface area contributed by atoms with Gasteiger partial charge in [0.15, 0.2) is 0 Å². The Balaban J connectivity index is 0.000000496. The van der Waals surface area contributed by atoms with Crippen molar-refractivity contribution in [2.45, 2.75) is 37.7 Å². The second-order valence-electron chi connectivity index (χ2n) is 6.12. The van der Waals surface area contributed by atoms with Gasteiger partial charge in [0, 0.05) is 32.0 Å². The summed E-state index contributed by atoms with van der Waals surface area (Å²) in [7, 11) is 3.35. The number of benzene rings is 1. The maximum absolute atomic E-state index is 12.2. The Morgan fingerprint density at radius 3 is 2.17 bits per heavy atom. The molecule has 2 amide bonds. The fourth-order valence-corrected chi connectivity index (χ4v) is 1.79. The van der Waals surface area contributed by atoms with E-state index < -0.39 is 11.7 Å². The van der Waals surface area contributed by atoms with E-state index in [-0.39, 0.29) is 18.1 Å². The fourth-order valence-electron chi connectivity index (χ4n) is 1.38. The van der Waals surface area contributed by atoms with Crippen LogP contribution in [0.1, 0.15) is 27.2 Å². The van der Waals surface area contributed by atoms with E-state index in [9.17, 15) is 14.0 Å². The van der Waals surface area contributed by atoms with Crippen LogP contribution in [-0.4, -0.2) is 49.4 Å². The molecule has 1 aromatic rings. The van der Waals surface area contributed by atoms with E-state index in [2.05, 4.69) is 5.32 Å². The zero-order chi connectivity index (χ0) is 18.8. The zero-order valence-corrected chi connectivity index (χ0v) is 16.0. The molecule has 0 saturated heterocycles. The van der Waals surface area contributed by atoms with Crippen molar-refractivity contribution in [1.29, 1.82) is 0 Å². The number of alkyl carbamates (subject to hydrolysis) is 1. The van der Waals surface area contributed by atoms with Crippen LogP contribution in [0.5, 0.6) is 0 Å². The highest BCUT2D eigenvalue weighted by atomic mass is 32.2. The Kier molecular flexibility index (Phi) is 10.1. The van der Waals surface area contributed by atoms with E-state index in [0.29, 0.717) is 6.54 Å². The average molecular weight is 358 g/mol. The van der Waals surface area contributed by atoms with Crippen molar-refractivity contribution >= 4 is 23.8 Å². The van der Waals surface area contributed by atoms with Crippen LogP contribution in [0.2, 0.25) is 0 Å². The van der Waals surface area contributed by atoms with Crippen LogP contribution in [-0.2, 0) is 9.53 Å². The zero-order valence-electron chi connectivity index (χ0n) is 15.2. The molecule has 0 aliphatic carbocycles. The van der Waals surface area contributed by atoms with Crippen LogP contribution >= 0.6 is 11.8 Å². The van der Waals surface area contributed by atoms with Crippen LogP contribution in [0.4, 0.5) is 9.18 Å². The number of nitrogens with one attached hydrogen (secondary N) is 1. The summed E-state index contributed by atoms with van der Waals surface area (Å²) in [5, 5.41) is 2.52. The molecule has 0 fully saturated rings. The van der Waals surface area contributed by atoms with Crippen molar-refractivity contribution in [3.05, 3.63) is 30.1 Å². The van der Waals surface area contributed by atoms with Gasteiger partial charge >= 0.3 is 6.09 Å². The van der Waals surface area contributed by atoms with Gasteiger partial charge in [-0.3, -0.25) is 4.79 Å². The predicted molar refractivity (Wildman–Crippen MR) is 95.7 cm³/mol. The molecule has 0 aliphatic rings. The SMILES string of the molecule is CN(C)C(=O)CCNC(=O)OC(C)(C)C.CSc1ccc(F)cc1. The first-order valence-corrected chi connectivity index (χ1v) is 8.74. The number of ether oxygens (including phenoxy) is 1. The number of carbonyl (C=O) groups is 2. The Bertz CT molecular complexity index is 514. The molecule has 5 nitrogen and oxygen atoms in total. The molecule has 1 N–H and O–H groups in total. The van der Waals surface area contributed by atoms with E-state index in [1.165, 1.54) is 17.0 Å². The number of rotatable bonds is 4. The summed E-state index contributed by atoms with van der Waals surface area (Å²) in [6, 6.07) is 6.46. The van der Waals surface area contributed by atoms with Gasteiger partial charge in [0.25, 0.3) is 0 Å². The normalized spacial score (nSPS) is 10.3. The number of amides is 2. The van der Waals surface area contributed by atoms with Gasteiger partial charge in [-0.05, 0) is 51.3 Å². The molecule has 0 radical (unpaired) electrons. The highest BCUT2D eigenvalue weighted by Crippen LogP contribution is 2.13. The third-order valence-electron chi connectivity index (χ3n) is 2.56. The summed E-state index contributed by atoms with van der Waals surface area (Å²) in [5.41, 5.74) is -0.504. The largest absolute Gasteiger partial charge is 0.444 e. The Morgan fingerprint density at radius 1 is 1.21 bits per heavy atom. The average Bonchev–Trinajstić information content (AvgIpc) is 2.46. The minimum absolute atomic E-state index is 0.0222. The van der Waals surface area contributed by atoms with Crippen LogP contribution in [0.25, 0.3) is 0 Å². The third-order valence-corrected chi connectivity index (χ3v) is 3.30. The van der Waals surface area contributed by atoms with Gasteiger partial charge < -0.3 is 15.0 Å². The summed E-state index contributed by atoms with van der Waals surface area (Å²) in [6.07, 6.45) is 1.76. The summed E-state index contributed by atoms with van der Waals surface area (Å²) in [4.78, 5) is 24.9. The molecular formula is C17H27FN2O3S. The highest BCUT2D eigenvalue weighted by molar-refractivity contribution is 7.98. The van der Waals surface area contributed by atoms with Crippen LogP contribution < -0.4 is 5.32 Å². The molecule has 0 atom stereocenters. The molecule has 0 aliphatic heterocycles. The van der Waals surface area contributed by atoms with Crippen LogP contribution in [0.3, 0.4) is 0 Å². The van der Waals surface area contributed by atoms with Crippen LogP contribution in [0, 0.1) is 5.82 Å². The summed E-state index contributed by atoms with van der Waals surface area (Å²) in [5.74, 6) is -0.196. The molecule has 0 aromatic heterocycles. The number of hydrogen-bond acceptors (Lipinski definition) is 4. The van der Waals surface area contributed by atoms with Gasteiger partial charge in [0.05, 0.1) is 0 Å². The lowest BCUT2D eigenvalue weighted by atomic mass is 10.2. The van der Waals surface area contributed by atoms with Crippen molar-refractivity contribution in [3.8, 4) is 0 Å². The molecule has 136 valence electrons. The molecule has 1 rings (SSSR count). The number of thioether (sulfide) groups is 1. The van der Waals surface area contributed by atoms with Gasteiger partial charge in [-0.15, -0.1) is 11.8 Å². The maximum Gasteiger partial charge on any atom is 0.407 e. The molecular weight excluding hydrogens is 331 g/mol. The quantitative estimate of drug-likeness (QED) is 0.837. The second kappa shape index (κ2) is 10.9. The van der Waals surface area contributed by atoms with E-state index in [1.54, 1.807) is 58.8 Å². The highest BCUT2D eigenvalue weighted by Gasteiger charge is 2.15. The first-order chi connectivity index (χ1) is 11.0. The minimum Gasteiger partial charge on any atom is -0.444 e. The molecule has 0 unspecified atom stereocenters. The molecule has 24 heavy (non-hydrogen) atoms. The lowest BCUT2D eigenvalue weighted by molar-refractivity contribution is -0.128. The van der Waals surface area contributed by atoms with E-state index in [1.807, 2.05) is 6.26 Å². The van der Waals surface area contributed by atoms with Crippen molar-refractivity contribution in [2.75, 3.05) is 26.9 Å². The summed E-state index contributed by atoms with van der Waals surface area (Å²) < 4.78 is 17.2. The number of hydrogen-bond donors (Lipinski definition) is 1. The van der Waals surface area contributed by atoms with E-state index >= 15 is 0 Å². The lowest BCUT2D eigenvalue weighted by Crippen LogP contribution is -2.35. The lowest BCUT2D eigenvalue weighted by Gasteiger charge is -2.19. The van der Waals surface area contributed by atoms with Crippen molar-refractivity contribution in [3.63, 3.8) is 0 Å². The fraction of sp³-hybridized carbons (Fsp3) is 0.529. The summed E-state index contributed by atoms with van der Waals surface area (Å²) >= 11 is 1.61. The third kappa shape index (κ3) is 11.8. The predicted octanol–water partition coefficient (Wildman–Crippen LogP) is 3.54. The van der Waals surface area contributed by atoms with Crippen molar-refractivity contribution < 1.29 is 18.7 Å². The van der Waals surface area contributed by atoms with Gasteiger partial charge in [-0.1, -0.05) is 0 Å². The second-order valence-corrected chi connectivity index (χ2v) is 7.00. The molecule has 0 bridgehead atoms. The molecule has 0 spiro atoms. The Hall–Kier alpha value is -1.76. The number of halogens is 1. The molecule has 0 heterocycles.